The smallest absolute Gasteiger partial charge is 0.244 e. The molecule has 1 saturated heterocycles. The number of aliphatic hydroxyl groups excluding tert-OH is 1. The number of aliphatic hydroxyl groups is 1. The molecule has 0 aromatic rings. The van der Waals surface area contributed by atoms with Crippen molar-refractivity contribution in [2.45, 2.75) is 31.4 Å². The summed E-state index contributed by atoms with van der Waals surface area (Å²) >= 11 is 0. The third-order valence-corrected chi connectivity index (χ3v) is 2.71. The summed E-state index contributed by atoms with van der Waals surface area (Å²) in [6, 6.07) is -0.448. The van der Waals surface area contributed by atoms with Crippen LogP contribution in [-0.2, 0) is 9.59 Å². The SMILES string of the molecule is O=C1CC(NCC(O)C2CC2)C(=O)N1. The van der Waals surface area contributed by atoms with Crippen molar-refractivity contribution in [3.05, 3.63) is 0 Å². The van der Waals surface area contributed by atoms with Gasteiger partial charge in [-0.2, -0.15) is 0 Å². The van der Waals surface area contributed by atoms with Crippen LogP contribution in [-0.4, -0.2) is 35.6 Å². The lowest BCUT2D eigenvalue weighted by molar-refractivity contribution is -0.125. The summed E-state index contributed by atoms with van der Waals surface area (Å²) in [5, 5.41) is 14.6. The first-order valence-electron chi connectivity index (χ1n) is 4.92. The molecule has 0 aromatic heterocycles. The second-order valence-electron chi connectivity index (χ2n) is 3.98. The number of carbonyl (C=O) groups excluding carboxylic acids is 2. The van der Waals surface area contributed by atoms with Crippen LogP contribution in [0, 0.1) is 5.92 Å². The Kier molecular flexibility index (Phi) is 2.52. The summed E-state index contributed by atoms with van der Waals surface area (Å²) in [6.07, 6.45) is 1.95. The third-order valence-electron chi connectivity index (χ3n) is 2.71. The van der Waals surface area contributed by atoms with Gasteiger partial charge < -0.3 is 10.4 Å². The molecule has 2 fully saturated rings. The van der Waals surface area contributed by atoms with Gasteiger partial charge in [0.2, 0.25) is 11.8 Å². The van der Waals surface area contributed by atoms with Gasteiger partial charge in [-0.25, -0.2) is 0 Å². The highest BCUT2D eigenvalue weighted by atomic mass is 16.3. The molecule has 14 heavy (non-hydrogen) atoms. The maximum atomic E-state index is 11.1. The molecule has 5 heteroatoms. The van der Waals surface area contributed by atoms with Crippen molar-refractivity contribution in [3.8, 4) is 0 Å². The van der Waals surface area contributed by atoms with E-state index in [1.54, 1.807) is 0 Å². The second kappa shape index (κ2) is 3.67. The minimum absolute atomic E-state index is 0.191. The van der Waals surface area contributed by atoms with Gasteiger partial charge in [0.05, 0.1) is 18.6 Å². The Labute approximate surface area is 81.9 Å². The van der Waals surface area contributed by atoms with Crippen LogP contribution in [0.25, 0.3) is 0 Å². The molecule has 0 aromatic carbocycles. The van der Waals surface area contributed by atoms with E-state index in [1.807, 2.05) is 0 Å². The van der Waals surface area contributed by atoms with E-state index in [0.29, 0.717) is 12.5 Å². The Balaban J connectivity index is 1.74. The van der Waals surface area contributed by atoms with Crippen LogP contribution < -0.4 is 10.6 Å². The minimum atomic E-state index is -0.448. The summed E-state index contributed by atoms with van der Waals surface area (Å²) < 4.78 is 0. The zero-order valence-electron chi connectivity index (χ0n) is 7.82. The van der Waals surface area contributed by atoms with E-state index in [9.17, 15) is 14.7 Å². The molecule has 3 N–H and O–H groups in total. The molecule has 78 valence electrons. The van der Waals surface area contributed by atoms with Crippen LogP contribution in [0.15, 0.2) is 0 Å². The summed E-state index contributed by atoms with van der Waals surface area (Å²) in [5.41, 5.74) is 0. The Morgan fingerprint density at radius 1 is 1.50 bits per heavy atom. The van der Waals surface area contributed by atoms with Crippen LogP contribution in [0.5, 0.6) is 0 Å². The van der Waals surface area contributed by atoms with Crippen molar-refractivity contribution >= 4 is 11.8 Å². The zero-order valence-corrected chi connectivity index (χ0v) is 7.82. The fourth-order valence-corrected chi connectivity index (χ4v) is 1.63. The van der Waals surface area contributed by atoms with E-state index in [4.69, 9.17) is 0 Å². The summed E-state index contributed by atoms with van der Waals surface area (Å²) in [7, 11) is 0. The van der Waals surface area contributed by atoms with Crippen molar-refractivity contribution in [3.63, 3.8) is 0 Å². The first-order chi connectivity index (χ1) is 6.66. The molecule has 2 atom stereocenters. The van der Waals surface area contributed by atoms with Crippen molar-refractivity contribution in [2.24, 2.45) is 5.92 Å². The molecular formula is C9H14N2O3. The summed E-state index contributed by atoms with van der Waals surface area (Å²) in [5.74, 6) is -0.130. The van der Waals surface area contributed by atoms with Gasteiger partial charge in [-0.05, 0) is 18.8 Å². The van der Waals surface area contributed by atoms with Crippen LogP contribution in [0.4, 0.5) is 0 Å². The van der Waals surface area contributed by atoms with E-state index < -0.39 is 6.04 Å². The monoisotopic (exact) mass is 198 g/mol. The number of rotatable bonds is 4. The first kappa shape index (κ1) is 9.61. The van der Waals surface area contributed by atoms with Gasteiger partial charge in [0.25, 0.3) is 0 Å². The fraction of sp³-hybridized carbons (Fsp3) is 0.778. The lowest BCUT2D eigenvalue weighted by Crippen LogP contribution is -2.40. The third kappa shape index (κ3) is 2.10. The van der Waals surface area contributed by atoms with E-state index in [0.717, 1.165) is 12.8 Å². The Bertz CT molecular complexity index is 263. The molecule has 1 saturated carbocycles. The number of imide groups is 1. The summed E-state index contributed by atoms with van der Waals surface area (Å²) in [6.45, 7) is 0.399. The maximum absolute atomic E-state index is 11.1. The fourth-order valence-electron chi connectivity index (χ4n) is 1.63. The van der Waals surface area contributed by atoms with Crippen LogP contribution in [0.2, 0.25) is 0 Å². The van der Waals surface area contributed by atoms with Gasteiger partial charge in [0, 0.05) is 6.54 Å². The molecule has 0 spiro atoms. The van der Waals surface area contributed by atoms with Crippen LogP contribution >= 0.6 is 0 Å². The van der Waals surface area contributed by atoms with Gasteiger partial charge in [-0.15, -0.1) is 0 Å². The van der Waals surface area contributed by atoms with E-state index in [1.165, 1.54) is 0 Å². The first-order valence-corrected chi connectivity index (χ1v) is 4.92. The topological polar surface area (TPSA) is 78.4 Å². The number of nitrogens with one attached hydrogen (secondary N) is 2. The molecule has 2 unspecified atom stereocenters. The average molecular weight is 198 g/mol. The van der Waals surface area contributed by atoms with Crippen LogP contribution in [0.3, 0.4) is 0 Å². The molecule has 2 aliphatic rings. The lowest BCUT2D eigenvalue weighted by atomic mass is 10.2. The standard InChI is InChI=1S/C9H14N2O3/c12-7(5-1-2-5)4-10-6-3-8(13)11-9(6)14/h5-7,10,12H,1-4H2,(H,11,13,14). The highest BCUT2D eigenvalue weighted by molar-refractivity contribution is 6.05. The second-order valence-corrected chi connectivity index (χ2v) is 3.98. The average Bonchev–Trinajstić information content (AvgIpc) is 2.90. The van der Waals surface area contributed by atoms with E-state index in [2.05, 4.69) is 10.6 Å². The maximum Gasteiger partial charge on any atom is 0.244 e. The Morgan fingerprint density at radius 2 is 2.21 bits per heavy atom. The van der Waals surface area contributed by atoms with E-state index >= 15 is 0 Å². The quantitative estimate of drug-likeness (QED) is 0.494. The highest BCUT2D eigenvalue weighted by Crippen LogP contribution is 2.32. The predicted molar refractivity (Wildman–Crippen MR) is 48.3 cm³/mol. The number of amides is 2. The van der Waals surface area contributed by atoms with Gasteiger partial charge in [0.1, 0.15) is 0 Å². The molecule has 0 radical (unpaired) electrons. The molecule has 5 nitrogen and oxygen atoms in total. The molecule has 2 amide bonds. The number of hydrogen-bond acceptors (Lipinski definition) is 4. The Hall–Kier alpha value is -0.940. The molecular weight excluding hydrogens is 184 g/mol. The molecule has 1 heterocycles. The largest absolute Gasteiger partial charge is 0.392 e. The van der Waals surface area contributed by atoms with Crippen molar-refractivity contribution in [1.82, 2.24) is 10.6 Å². The minimum Gasteiger partial charge on any atom is -0.392 e. The number of hydrogen-bond donors (Lipinski definition) is 3. The van der Waals surface area contributed by atoms with Gasteiger partial charge >= 0.3 is 0 Å². The molecule has 0 bridgehead atoms. The predicted octanol–water partition coefficient (Wildman–Crippen LogP) is -1.24. The van der Waals surface area contributed by atoms with E-state index in [-0.39, 0.29) is 24.3 Å². The number of carbonyl (C=O) groups is 2. The zero-order chi connectivity index (χ0) is 10.1. The van der Waals surface area contributed by atoms with Gasteiger partial charge in [-0.3, -0.25) is 14.9 Å². The van der Waals surface area contributed by atoms with Crippen molar-refractivity contribution < 1.29 is 14.7 Å². The van der Waals surface area contributed by atoms with Gasteiger partial charge in [0.15, 0.2) is 0 Å². The van der Waals surface area contributed by atoms with Crippen molar-refractivity contribution in [2.75, 3.05) is 6.54 Å². The Morgan fingerprint density at radius 3 is 2.71 bits per heavy atom. The molecule has 1 aliphatic carbocycles. The summed E-state index contributed by atoms with van der Waals surface area (Å²) in [4.78, 5) is 21.9. The highest BCUT2D eigenvalue weighted by Gasteiger charge is 2.33. The normalized spacial score (nSPS) is 29.1. The van der Waals surface area contributed by atoms with Crippen molar-refractivity contribution in [1.29, 1.82) is 0 Å². The molecule has 2 rings (SSSR count). The van der Waals surface area contributed by atoms with Gasteiger partial charge in [-0.1, -0.05) is 0 Å². The lowest BCUT2D eigenvalue weighted by Gasteiger charge is -2.13. The molecule has 1 aliphatic heterocycles. The van der Waals surface area contributed by atoms with Crippen LogP contribution in [0.1, 0.15) is 19.3 Å².